The fourth-order valence-electron chi connectivity index (χ4n) is 1.43. The zero-order valence-corrected chi connectivity index (χ0v) is 9.61. The van der Waals surface area contributed by atoms with Gasteiger partial charge in [-0.15, -0.1) is 0 Å². The van der Waals surface area contributed by atoms with E-state index < -0.39 is 0 Å². The van der Waals surface area contributed by atoms with Crippen molar-refractivity contribution in [1.29, 1.82) is 0 Å². The molecule has 16 heavy (non-hydrogen) atoms. The van der Waals surface area contributed by atoms with Gasteiger partial charge in [0, 0.05) is 19.5 Å². The first-order valence-electron chi connectivity index (χ1n) is 5.18. The third kappa shape index (κ3) is 1.96. The van der Waals surface area contributed by atoms with Crippen LogP contribution in [0, 0.1) is 13.8 Å². The van der Waals surface area contributed by atoms with Gasteiger partial charge in [0.2, 0.25) is 0 Å². The van der Waals surface area contributed by atoms with Gasteiger partial charge in [0.05, 0.1) is 0 Å². The molecule has 0 aliphatic heterocycles. The van der Waals surface area contributed by atoms with Crippen molar-refractivity contribution in [1.82, 2.24) is 15.0 Å². The van der Waals surface area contributed by atoms with E-state index in [2.05, 4.69) is 20.3 Å². The Kier molecular flexibility index (Phi) is 2.74. The van der Waals surface area contributed by atoms with Crippen molar-refractivity contribution in [3.05, 3.63) is 11.7 Å². The van der Waals surface area contributed by atoms with E-state index in [1.54, 1.807) is 6.92 Å². The van der Waals surface area contributed by atoms with E-state index >= 15 is 0 Å². The number of nitrogens with two attached hydrogens (primary N) is 1. The molecule has 0 saturated heterocycles. The SMILES string of the molecule is Cc1nc(NC(C)CN)c2nc(C)oc2n1. The molecule has 0 spiro atoms. The van der Waals surface area contributed by atoms with E-state index in [1.807, 2.05) is 13.8 Å². The normalized spacial score (nSPS) is 13.0. The van der Waals surface area contributed by atoms with Crippen LogP contribution in [-0.2, 0) is 0 Å². The molecule has 0 amide bonds. The minimum atomic E-state index is 0.134. The average Bonchev–Trinajstić information content (AvgIpc) is 2.58. The van der Waals surface area contributed by atoms with Crippen LogP contribution in [0.25, 0.3) is 11.2 Å². The van der Waals surface area contributed by atoms with Gasteiger partial charge >= 0.3 is 0 Å². The average molecular weight is 221 g/mol. The molecule has 3 N–H and O–H groups in total. The second kappa shape index (κ2) is 4.05. The summed E-state index contributed by atoms with van der Waals surface area (Å²) in [7, 11) is 0. The van der Waals surface area contributed by atoms with Crippen LogP contribution in [0.5, 0.6) is 0 Å². The topological polar surface area (TPSA) is 89.9 Å². The van der Waals surface area contributed by atoms with Gasteiger partial charge in [-0.3, -0.25) is 0 Å². The maximum atomic E-state index is 5.56. The molecular weight excluding hydrogens is 206 g/mol. The van der Waals surface area contributed by atoms with E-state index in [-0.39, 0.29) is 6.04 Å². The molecule has 86 valence electrons. The molecule has 0 aliphatic carbocycles. The minimum Gasteiger partial charge on any atom is -0.422 e. The fraction of sp³-hybridized carbons (Fsp3) is 0.500. The van der Waals surface area contributed by atoms with Crippen LogP contribution in [0.3, 0.4) is 0 Å². The lowest BCUT2D eigenvalue weighted by Crippen LogP contribution is -2.26. The van der Waals surface area contributed by atoms with Crippen LogP contribution in [0.2, 0.25) is 0 Å². The highest BCUT2D eigenvalue weighted by Crippen LogP contribution is 2.20. The third-order valence-electron chi connectivity index (χ3n) is 2.21. The number of nitrogens with one attached hydrogen (secondary N) is 1. The smallest absolute Gasteiger partial charge is 0.252 e. The number of oxazole rings is 1. The minimum absolute atomic E-state index is 0.134. The van der Waals surface area contributed by atoms with Gasteiger partial charge in [-0.25, -0.2) is 9.97 Å². The monoisotopic (exact) mass is 221 g/mol. The predicted octanol–water partition coefficient (Wildman–Crippen LogP) is 0.994. The fourth-order valence-corrected chi connectivity index (χ4v) is 1.43. The second-order valence-corrected chi connectivity index (χ2v) is 3.79. The number of hydrogen-bond donors (Lipinski definition) is 2. The molecule has 0 bridgehead atoms. The van der Waals surface area contributed by atoms with Gasteiger partial charge in [0.15, 0.2) is 17.2 Å². The Morgan fingerprint density at radius 3 is 2.75 bits per heavy atom. The number of fused-ring (bicyclic) bond motifs is 1. The summed E-state index contributed by atoms with van der Waals surface area (Å²) in [4.78, 5) is 12.7. The van der Waals surface area contributed by atoms with Crippen molar-refractivity contribution in [3.63, 3.8) is 0 Å². The van der Waals surface area contributed by atoms with Crippen LogP contribution in [0.15, 0.2) is 4.42 Å². The molecule has 2 aromatic rings. The largest absolute Gasteiger partial charge is 0.422 e. The van der Waals surface area contributed by atoms with E-state index in [1.165, 1.54) is 0 Å². The van der Waals surface area contributed by atoms with Crippen molar-refractivity contribution in [2.24, 2.45) is 5.73 Å². The van der Waals surface area contributed by atoms with Crippen LogP contribution >= 0.6 is 0 Å². The summed E-state index contributed by atoms with van der Waals surface area (Å²) >= 11 is 0. The van der Waals surface area contributed by atoms with Crippen LogP contribution < -0.4 is 11.1 Å². The molecule has 0 aliphatic rings. The summed E-state index contributed by atoms with van der Waals surface area (Å²) in [5.74, 6) is 1.91. The molecule has 1 unspecified atom stereocenters. The van der Waals surface area contributed by atoms with E-state index in [0.717, 1.165) is 0 Å². The zero-order valence-electron chi connectivity index (χ0n) is 9.61. The van der Waals surface area contributed by atoms with Crippen molar-refractivity contribution in [3.8, 4) is 0 Å². The van der Waals surface area contributed by atoms with Gasteiger partial charge in [0.1, 0.15) is 5.82 Å². The Morgan fingerprint density at radius 1 is 1.31 bits per heavy atom. The summed E-state index contributed by atoms with van der Waals surface area (Å²) in [6.45, 7) is 6.11. The Bertz CT molecular complexity index is 507. The Morgan fingerprint density at radius 2 is 2.06 bits per heavy atom. The van der Waals surface area contributed by atoms with Gasteiger partial charge in [-0.05, 0) is 13.8 Å². The number of nitrogens with zero attached hydrogens (tertiary/aromatic N) is 3. The predicted molar refractivity (Wildman–Crippen MR) is 61.2 cm³/mol. The molecule has 6 heteroatoms. The van der Waals surface area contributed by atoms with Crippen molar-refractivity contribution in [2.75, 3.05) is 11.9 Å². The standard InChI is InChI=1S/C10H15N5O/c1-5(4-11)12-9-8-10(14-6(2)13-9)16-7(3)15-8/h5H,4,11H2,1-3H3,(H,12,13,14). The molecular formula is C10H15N5O. The molecule has 0 aromatic carbocycles. The first-order chi connectivity index (χ1) is 7.60. The zero-order chi connectivity index (χ0) is 11.7. The molecule has 0 radical (unpaired) electrons. The maximum Gasteiger partial charge on any atom is 0.252 e. The Labute approximate surface area is 93.3 Å². The van der Waals surface area contributed by atoms with E-state index in [9.17, 15) is 0 Å². The summed E-state index contributed by atoms with van der Waals surface area (Å²) in [6.07, 6.45) is 0. The lowest BCUT2D eigenvalue weighted by Gasteiger charge is -2.11. The molecule has 0 saturated carbocycles. The summed E-state index contributed by atoms with van der Waals surface area (Å²) in [5, 5.41) is 3.19. The van der Waals surface area contributed by atoms with Crippen LogP contribution in [0.1, 0.15) is 18.6 Å². The number of anilines is 1. The lowest BCUT2D eigenvalue weighted by atomic mass is 10.3. The maximum absolute atomic E-state index is 5.56. The number of rotatable bonds is 3. The van der Waals surface area contributed by atoms with Crippen LogP contribution in [-0.4, -0.2) is 27.5 Å². The lowest BCUT2D eigenvalue weighted by molar-refractivity contribution is 0.550. The van der Waals surface area contributed by atoms with Gasteiger partial charge in [0.25, 0.3) is 5.71 Å². The van der Waals surface area contributed by atoms with E-state index in [4.69, 9.17) is 10.2 Å². The van der Waals surface area contributed by atoms with E-state index in [0.29, 0.717) is 35.3 Å². The highest BCUT2D eigenvalue weighted by molar-refractivity contribution is 5.81. The molecule has 6 nitrogen and oxygen atoms in total. The Balaban J connectivity index is 2.49. The second-order valence-electron chi connectivity index (χ2n) is 3.79. The molecule has 1 atom stereocenters. The Hall–Kier alpha value is -1.69. The van der Waals surface area contributed by atoms with Gasteiger partial charge in [-0.2, -0.15) is 4.98 Å². The molecule has 2 aromatic heterocycles. The highest BCUT2D eigenvalue weighted by atomic mass is 16.4. The summed E-state index contributed by atoms with van der Waals surface area (Å²) in [6, 6.07) is 0.134. The highest BCUT2D eigenvalue weighted by Gasteiger charge is 2.13. The molecule has 2 heterocycles. The van der Waals surface area contributed by atoms with Crippen molar-refractivity contribution >= 4 is 17.0 Å². The van der Waals surface area contributed by atoms with Crippen molar-refractivity contribution < 1.29 is 4.42 Å². The molecule has 0 fully saturated rings. The number of hydrogen-bond acceptors (Lipinski definition) is 6. The van der Waals surface area contributed by atoms with Gasteiger partial charge in [-0.1, -0.05) is 0 Å². The summed E-state index contributed by atoms with van der Waals surface area (Å²) < 4.78 is 5.37. The van der Waals surface area contributed by atoms with Gasteiger partial charge < -0.3 is 15.5 Å². The molecule has 2 rings (SSSR count). The van der Waals surface area contributed by atoms with Crippen LogP contribution in [0.4, 0.5) is 5.82 Å². The van der Waals surface area contributed by atoms with Crippen molar-refractivity contribution in [2.45, 2.75) is 26.8 Å². The third-order valence-corrected chi connectivity index (χ3v) is 2.21. The number of aromatic nitrogens is 3. The number of aryl methyl sites for hydroxylation is 2. The first-order valence-corrected chi connectivity index (χ1v) is 5.18. The summed E-state index contributed by atoms with van der Waals surface area (Å²) in [5.41, 5.74) is 6.72. The quantitative estimate of drug-likeness (QED) is 0.803. The first kappa shape index (κ1) is 10.8.